The predicted octanol–water partition coefficient (Wildman–Crippen LogP) is 2.51. The van der Waals surface area contributed by atoms with Crippen molar-refractivity contribution in [2.75, 3.05) is 0 Å². The molecule has 0 aliphatic heterocycles. The Hall–Kier alpha value is -1.35. The number of nitrogens with zero attached hydrogens (tertiary/aromatic N) is 1. The molecule has 0 radical (unpaired) electrons. The van der Waals surface area contributed by atoms with Gasteiger partial charge in [0.05, 0.1) is 11.0 Å². The van der Waals surface area contributed by atoms with Crippen molar-refractivity contribution >= 4 is 11.0 Å². The minimum Gasteiger partial charge on any atom is -0.342 e. The van der Waals surface area contributed by atoms with Crippen molar-refractivity contribution in [1.29, 1.82) is 0 Å². The van der Waals surface area contributed by atoms with Crippen LogP contribution in [0.1, 0.15) is 30.7 Å². The summed E-state index contributed by atoms with van der Waals surface area (Å²) in [4.78, 5) is 7.68. The van der Waals surface area contributed by atoms with Gasteiger partial charge in [-0.1, -0.05) is 12.5 Å². The first kappa shape index (κ1) is 9.85. The lowest BCUT2D eigenvalue weighted by Crippen LogP contribution is -2.34. The summed E-state index contributed by atoms with van der Waals surface area (Å²) in [6, 6.07) is 7.20. The van der Waals surface area contributed by atoms with Gasteiger partial charge in [0.2, 0.25) is 0 Å². The molecule has 3 nitrogen and oxygen atoms in total. The molecule has 0 unspecified atom stereocenters. The van der Waals surface area contributed by atoms with E-state index in [0.717, 1.165) is 29.4 Å². The molecule has 1 aliphatic rings. The van der Waals surface area contributed by atoms with Crippen LogP contribution in [-0.2, 0) is 6.54 Å². The molecule has 1 heterocycles. The first-order valence-electron chi connectivity index (χ1n) is 6.00. The van der Waals surface area contributed by atoms with Gasteiger partial charge in [0, 0.05) is 12.6 Å². The lowest BCUT2D eigenvalue weighted by Gasteiger charge is -2.26. The van der Waals surface area contributed by atoms with E-state index in [2.05, 4.69) is 33.5 Å². The highest BCUT2D eigenvalue weighted by atomic mass is 14.9. The fourth-order valence-electron chi connectivity index (χ4n) is 2.17. The highest BCUT2D eigenvalue weighted by Crippen LogP contribution is 2.19. The van der Waals surface area contributed by atoms with E-state index in [-0.39, 0.29) is 0 Å². The van der Waals surface area contributed by atoms with Crippen molar-refractivity contribution in [1.82, 2.24) is 15.3 Å². The zero-order valence-corrected chi connectivity index (χ0v) is 9.59. The van der Waals surface area contributed by atoms with Crippen LogP contribution in [0.4, 0.5) is 0 Å². The molecule has 0 atom stereocenters. The first-order chi connectivity index (χ1) is 7.81. The number of hydrogen-bond donors (Lipinski definition) is 2. The van der Waals surface area contributed by atoms with Gasteiger partial charge >= 0.3 is 0 Å². The summed E-state index contributed by atoms with van der Waals surface area (Å²) < 4.78 is 0. The molecule has 1 aromatic carbocycles. The topological polar surface area (TPSA) is 40.7 Å². The third kappa shape index (κ3) is 1.83. The highest BCUT2D eigenvalue weighted by Gasteiger charge is 2.16. The largest absolute Gasteiger partial charge is 0.342 e. The van der Waals surface area contributed by atoms with Crippen LogP contribution in [0.3, 0.4) is 0 Å². The van der Waals surface area contributed by atoms with E-state index in [4.69, 9.17) is 0 Å². The molecule has 3 rings (SSSR count). The lowest BCUT2D eigenvalue weighted by molar-refractivity contribution is 0.338. The SMILES string of the molecule is Cc1nc2ccc(CNC3CCC3)cc2[nH]1. The first-order valence-corrected chi connectivity index (χ1v) is 6.00. The van der Waals surface area contributed by atoms with Crippen LogP contribution in [0, 0.1) is 6.92 Å². The van der Waals surface area contributed by atoms with E-state index in [0.29, 0.717) is 0 Å². The van der Waals surface area contributed by atoms with Crippen molar-refractivity contribution in [2.45, 2.75) is 38.8 Å². The average Bonchev–Trinajstić information content (AvgIpc) is 2.55. The van der Waals surface area contributed by atoms with Crippen LogP contribution in [0.5, 0.6) is 0 Å². The summed E-state index contributed by atoms with van der Waals surface area (Å²) in [5, 5.41) is 3.57. The van der Waals surface area contributed by atoms with Crippen LogP contribution in [-0.4, -0.2) is 16.0 Å². The molecule has 16 heavy (non-hydrogen) atoms. The Labute approximate surface area is 95.3 Å². The molecule has 0 amide bonds. The second-order valence-corrected chi connectivity index (χ2v) is 4.68. The number of fused-ring (bicyclic) bond motifs is 1. The van der Waals surface area contributed by atoms with Gasteiger partial charge in [-0.2, -0.15) is 0 Å². The molecular weight excluding hydrogens is 198 g/mol. The van der Waals surface area contributed by atoms with Crippen molar-refractivity contribution in [2.24, 2.45) is 0 Å². The zero-order valence-electron chi connectivity index (χ0n) is 9.59. The van der Waals surface area contributed by atoms with E-state index in [1.54, 1.807) is 0 Å². The molecular formula is C13H17N3. The van der Waals surface area contributed by atoms with Gasteiger partial charge in [-0.05, 0) is 37.5 Å². The van der Waals surface area contributed by atoms with Crippen molar-refractivity contribution in [3.05, 3.63) is 29.6 Å². The molecule has 1 saturated carbocycles. The normalized spacial score (nSPS) is 16.6. The number of hydrogen-bond acceptors (Lipinski definition) is 2. The van der Waals surface area contributed by atoms with Crippen molar-refractivity contribution in [3.8, 4) is 0 Å². The summed E-state index contributed by atoms with van der Waals surface area (Å²) in [5.41, 5.74) is 3.54. The Bertz CT molecular complexity index is 497. The van der Waals surface area contributed by atoms with Crippen molar-refractivity contribution < 1.29 is 0 Å². The summed E-state index contributed by atoms with van der Waals surface area (Å²) in [5.74, 6) is 0.985. The number of benzene rings is 1. The van der Waals surface area contributed by atoms with Crippen LogP contribution in [0.2, 0.25) is 0 Å². The average molecular weight is 215 g/mol. The maximum Gasteiger partial charge on any atom is 0.104 e. The molecule has 1 aliphatic carbocycles. The third-order valence-corrected chi connectivity index (χ3v) is 3.36. The smallest absolute Gasteiger partial charge is 0.104 e. The predicted molar refractivity (Wildman–Crippen MR) is 65.3 cm³/mol. The number of aryl methyl sites for hydroxylation is 1. The second-order valence-electron chi connectivity index (χ2n) is 4.68. The molecule has 1 aromatic heterocycles. The van der Waals surface area contributed by atoms with E-state index in [1.807, 2.05) is 6.92 Å². The standard InChI is InChI=1S/C13H17N3/c1-9-15-12-6-5-10(7-13(12)16-9)8-14-11-3-2-4-11/h5-7,11,14H,2-4,8H2,1H3,(H,15,16). The van der Waals surface area contributed by atoms with Gasteiger partial charge in [0.1, 0.15) is 5.82 Å². The number of rotatable bonds is 3. The molecule has 0 saturated heterocycles. The van der Waals surface area contributed by atoms with Gasteiger partial charge in [-0.25, -0.2) is 4.98 Å². The fourth-order valence-corrected chi connectivity index (χ4v) is 2.17. The van der Waals surface area contributed by atoms with E-state index in [9.17, 15) is 0 Å². The van der Waals surface area contributed by atoms with E-state index < -0.39 is 0 Å². The van der Waals surface area contributed by atoms with Crippen LogP contribution >= 0.6 is 0 Å². The Kier molecular flexibility index (Phi) is 2.40. The summed E-state index contributed by atoms with van der Waals surface area (Å²) in [7, 11) is 0. The van der Waals surface area contributed by atoms with Gasteiger partial charge in [-0.3, -0.25) is 0 Å². The van der Waals surface area contributed by atoms with Crippen LogP contribution < -0.4 is 5.32 Å². The third-order valence-electron chi connectivity index (χ3n) is 3.36. The molecule has 2 aromatic rings. The number of nitrogens with one attached hydrogen (secondary N) is 2. The number of aromatic amines is 1. The van der Waals surface area contributed by atoms with E-state index in [1.165, 1.54) is 24.8 Å². The minimum absolute atomic E-state index is 0.749. The van der Waals surface area contributed by atoms with Crippen LogP contribution in [0.15, 0.2) is 18.2 Å². The van der Waals surface area contributed by atoms with Crippen LogP contribution in [0.25, 0.3) is 11.0 Å². The quantitative estimate of drug-likeness (QED) is 0.826. The molecule has 1 fully saturated rings. The van der Waals surface area contributed by atoms with Gasteiger partial charge in [-0.15, -0.1) is 0 Å². The highest BCUT2D eigenvalue weighted by molar-refractivity contribution is 5.75. The molecule has 0 spiro atoms. The van der Waals surface area contributed by atoms with Gasteiger partial charge in [0.25, 0.3) is 0 Å². The molecule has 0 bridgehead atoms. The Morgan fingerprint density at radius 2 is 2.31 bits per heavy atom. The van der Waals surface area contributed by atoms with Crippen molar-refractivity contribution in [3.63, 3.8) is 0 Å². The molecule has 84 valence electrons. The monoisotopic (exact) mass is 215 g/mol. The van der Waals surface area contributed by atoms with E-state index >= 15 is 0 Å². The number of imidazole rings is 1. The fraction of sp³-hybridized carbons (Fsp3) is 0.462. The Morgan fingerprint density at radius 3 is 3.06 bits per heavy atom. The summed E-state index contributed by atoms with van der Waals surface area (Å²) in [6.07, 6.45) is 4.06. The maximum absolute atomic E-state index is 4.40. The Morgan fingerprint density at radius 1 is 1.44 bits per heavy atom. The number of H-pyrrole nitrogens is 1. The number of aromatic nitrogens is 2. The second kappa shape index (κ2) is 3.91. The van der Waals surface area contributed by atoms with Gasteiger partial charge < -0.3 is 10.3 Å². The maximum atomic E-state index is 4.40. The summed E-state index contributed by atoms with van der Waals surface area (Å²) in [6.45, 7) is 2.96. The minimum atomic E-state index is 0.749. The van der Waals surface area contributed by atoms with Gasteiger partial charge in [0.15, 0.2) is 0 Å². The summed E-state index contributed by atoms with van der Waals surface area (Å²) >= 11 is 0. The lowest BCUT2D eigenvalue weighted by atomic mass is 9.93. The molecule has 2 N–H and O–H groups in total. The Balaban J connectivity index is 1.75. The molecule has 3 heteroatoms. The zero-order chi connectivity index (χ0) is 11.0.